The molecule has 0 aliphatic rings. The normalized spacial score (nSPS) is 11.0. The SMILES string of the molecule is Cc1cccc2nc(-c3cc(Cl)ccc3N)oc12. The molecule has 2 aromatic carbocycles. The number of aromatic nitrogens is 1. The Morgan fingerprint density at radius 3 is 2.83 bits per heavy atom. The highest BCUT2D eigenvalue weighted by Gasteiger charge is 2.12. The first-order valence-electron chi connectivity index (χ1n) is 5.57. The molecule has 0 bridgehead atoms. The van der Waals surface area contributed by atoms with Gasteiger partial charge in [0.25, 0.3) is 0 Å². The fourth-order valence-electron chi connectivity index (χ4n) is 1.92. The summed E-state index contributed by atoms with van der Waals surface area (Å²) < 4.78 is 5.77. The zero-order valence-electron chi connectivity index (χ0n) is 9.77. The Morgan fingerprint density at radius 2 is 2.06 bits per heavy atom. The number of hydrogen-bond donors (Lipinski definition) is 1. The first kappa shape index (κ1) is 11.1. The maximum atomic E-state index is 5.97. The summed E-state index contributed by atoms with van der Waals surface area (Å²) in [5, 5.41) is 0.609. The van der Waals surface area contributed by atoms with Gasteiger partial charge in [-0.1, -0.05) is 23.7 Å². The predicted molar refractivity (Wildman–Crippen MR) is 73.6 cm³/mol. The van der Waals surface area contributed by atoms with Crippen molar-refractivity contribution in [3.05, 3.63) is 47.0 Å². The van der Waals surface area contributed by atoms with E-state index < -0.39 is 0 Å². The van der Waals surface area contributed by atoms with Crippen LogP contribution < -0.4 is 5.73 Å². The summed E-state index contributed by atoms with van der Waals surface area (Å²) in [7, 11) is 0. The molecule has 3 nitrogen and oxygen atoms in total. The van der Waals surface area contributed by atoms with Crippen molar-refractivity contribution in [1.29, 1.82) is 0 Å². The Hall–Kier alpha value is -2.00. The van der Waals surface area contributed by atoms with Crippen LogP contribution in [0.15, 0.2) is 40.8 Å². The van der Waals surface area contributed by atoms with E-state index in [1.807, 2.05) is 25.1 Å². The van der Waals surface area contributed by atoms with Crippen LogP contribution in [0, 0.1) is 6.92 Å². The molecule has 3 aromatic rings. The number of anilines is 1. The molecule has 0 aliphatic carbocycles. The lowest BCUT2D eigenvalue weighted by molar-refractivity contribution is 0.617. The molecule has 3 rings (SSSR count). The number of nitrogen functional groups attached to an aromatic ring is 1. The van der Waals surface area contributed by atoms with E-state index in [0.717, 1.165) is 22.2 Å². The third-order valence-corrected chi connectivity index (χ3v) is 3.09. The van der Waals surface area contributed by atoms with Crippen LogP contribution in [0.3, 0.4) is 0 Å². The summed E-state index contributed by atoms with van der Waals surface area (Å²) in [5.41, 5.74) is 9.90. The summed E-state index contributed by atoms with van der Waals surface area (Å²) in [5.74, 6) is 0.499. The molecule has 0 radical (unpaired) electrons. The van der Waals surface area contributed by atoms with Crippen molar-refractivity contribution in [2.75, 3.05) is 5.73 Å². The smallest absolute Gasteiger partial charge is 0.229 e. The fourth-order valence-corrected chi connectivity index (χ4v) is 2.09. The van der Waals surface area contributed by atoms with Crippen molar-refractivity contribution in [3.63, 3.8) is 0 Å². The zero-order valence-corrected chi connectivity index (χ0v) is 10.5. The van der Waals surface area contributed by atoms with Gasteiger partial charge in [-0.2, -0.15) is 0 Å². The molecule has 0 saturated heterocycles. The molecule has 0 aliphatic heterocycles. The summed E-state index contributed by atoms with van der Waals surface area (Å²) >= 11 is 5.97. The molecule has 2 N–H and O–H groups in total. The molecule has 90 valence electrons. The van der Waals surface area contributed by atoms with Crippen molar-refractivity contribution in [1.82, 2.24) is 4.98 Å². The van der Waals surface area contributed by atoms with Gasteiger partial charge in [-0.15, -0.1) is 0 Å². The van der Waals surface area contributed by atoms with Gasteiger partial charge in [-0.05, 0) is 36.8 Å². The number of nitrogens with zero attached hydrogens (tertiary/aromatic N) is 1. The van der Waals surface area contributed by atoms with Gasteiger partial charge in [0.15, 0.2) is 5.58 Å². The number of halogens is 1. The highest BCUT2D eigenvalue weighted by Crippen LogP contribution is 2.31. The van der Waals surface area contributed by atoms with Crippen molar-refractivity contribution < 1.29 is 4.42 Å². The van der Waals surface area contributed by atoms with Crippen LogP contribution in [0.2, 0.25) is 5.02 Å². The molecule has 1 aromatic heterocycles. The molecule has 4 heteroatoms. The van der Waals surface area contributed by atoms with Gasteiger partial charge in [0, 0.05) is 10.7 Å². The van der Waals surface area contributed by atoms with E-state index >= 15 is 0 Å². The van der Waals surface area contributed by atoms with E-state index in [0.29, 0.717) is 16.6 Å². The maximum Gasteiger partial charge on any atom is 0.229 e. The van der Waals surface area contributed by atoms with Crippen molar-refractivity contribution in [2.45, 2.75) is 6.92 Å². The lowest BCUT2D eigenvalue weighted by Gasteiger charge is -2.01. The summed E-state index contributed by atoms with van der Waals surface area (Å²) in [6.07, 6.45) is 0. The topological polar surface area (TPSA) is 52.0 Å². The van der Waals surface area contributed by atoms with Gasteiger partial charge in [-0.3, -0.25) is 0 Å². The zero-order chi connectivity index (χ0) is 12.7. The van der Waals surface area contributed by atoms with Crippen LogP contribution in [0.25, 0.3) is 22.6 Å². The van der Waals surface area contributed by atoms with Crippen LogP contribution in [0.1, 0.15) is 5.56 Å². The molecule has 0 amide bonds. The molecule has 1 heterocycles. The number of nitrogens with two attached hydrogens (primary N) is 1. The van der Waals surface area contributed by atoms with E-state index in [-0.39, 0.29) is 0 Å². The average molecular weight is 259 g/mol. The highest BCUT2D eigenvalue weighted by atomic mass is 35.5. The van der Waals surface area contributed by atoms with Crippen molar-refractivity contribution in [2.24, 2.45) is 0 Å². The predicted octanol–water partition coefficient (Wildman–Crippen LogP) is 4.04. The number of fused-ring (bicyclic) bond motifs is 1. The van der Waals surface area contributed by atoms with Crippen LogP contribution in [0.5, 0.6) is 0 Å². The number of hydrogen-bond acceptors (Lipinski definition) is 3. The van der Waals surface area contributed by atoms with Gasteiger partial charge in [-0.25, -0.2) is 4.98 Å². The Morgan fingerprint density at radius 1 is 1.22 bits per heavy atom. The van der Waals surface area contributed by atoms with E-state index in [2.05, 4.69) is 4.98 Å². The van der Waals surface area contributed by atoms with E-state index in [1.54, 1.807) is 18.2 Å². The Balaban J connectivity index is 2.26. The molecule has 0 fully saturated rings. The standard InChI is InChI=1S/C14H11ClN2O/c1-8-3-2-4-12-13(8)18-14(17-12)10-7-9(15)5-6-11(10)16/h2-7H,16H2,1H3. The summed E-state index contributed by atoms with van der Waals surface area (Å²) in [4.78, 5) is 4.44. The van der Waals surface area contributed by atoms with Crippen molar-refractivity contribution >= 4 is 28.4 Å². The first-order valence-corrected chi connectivity index (χ1v) is 5.94. The fraction of sp³-hybridized carbons (Fsp3) is 0.0714. The number of rotatable bonds is 1. The number of benzene rings is 2. The Kier molecular flexibility index (Phi) is 2.49. The van der Waals surface area contributed by atoms with E-state index in [9.17, 15) is 0 Å². The molecule has 0 atom stereocenters. The van der Waals surface area contributed by atoms with E-state index in [1.165, 1.54) is 0 Å². The lowest BCUT2D eigenvalue weighted by atomic mass is 10.2. The van der Waals surface area contributed by atoms with Crippen molar-refractivity contribution in [3.8, 4) is 11.5 Å². The maximum absolute atomic E-state index is 5.97. The van der Waals surface area contributed by atoms with Crippen LogP contribution in [0.4, 0.5) is 5.69 Å². The van der Waals surface area contributed by atoms with Gasteiger partial charge in [0.05, 0.1) is 5.56 Å². The lowest BCUT2D eigenvalue weighted by Crippen LogP contribution is -1.89. The molecule has 0 saturated carbocycles. The second kappa shape index (κ2) is 4.03. The van der Waals surface area contributed by atoms with E-state index in [4.69, 9.17) is 21.8 Å². The minimum Gasteiger partial charge on any atom is -0.436 e. The van der Waals surface area contributed by atoms with Gasteiger partial charge in [0.2, 0.25) is 5.89 Å². The van der Waals surface area contributed by atoms with Gasteiger partial charge >= 0.3 is 0 Å². The summed E-state index contributed by atoms with van der Waals surface area (Å²) in [6, 6.07) is 11.1. The third-order valence-electron chi connectivity index (χ3n) is 2.86. The van der Waals surface area contributed by atoms with Gasteiger partial charge in [0.1, 0.15) is 5.52 Å². The Labute approximate surface area is 109 Å². The second-order valence-corrected chi connectivity index (χ2v) is 4.61. The largest absolute Gasteiger partial charge is 0.436 e. The van der Waals surface area contributed by atoms with Crippen LogP contribution >= 0.6 is 11.6 Å². The van der Waals surface area contributed by atoms with Crippen LogP contribution in [-0.4, -0.2) is 4.98 Å². The summed E-state index contributed by atoms with van der Waals surface area (Å²) in [6.45, 7) is 1.98. The number of oxazole rings is 1. The minimum atomic E-state index is 0.499. The highest BCUT2D eigenvalue weighted by molar-refractivity contribution is 6.31. The minimum absolute atomic E-state index is 0.499. The first-order chi connectivity index (χ1) is 8.65. The molecular formula is C14H11ClN2O. The average Bonchev–Trinajstić information content (AvgIpc) is 2.77. The quantitative estimate of drug-likeness (QED) is 0.670. The second-order valence-electron chi connectivity index (χ2n) is 4.17. The van der Waals surface area contributed by atoms with Gasteiger partial charge < -0.3 is 10.2 Å². The third kappa shape index (κ3) is 1.73. The molecule has 0 unspecified atom stereocenters. The molecule has 18 heavy (non-hydrogen) atoms. The Bertz CT molecular complexity index is 734. The number of aryl methyl sites for hydroxylation is 1. The molecule has 0 spiro atoms. The monoisotopic (exact) mass is 258 g/mol. The van der Waals surface area contributed by atoms with Crippen LogP contribution in [-0.2, 0) is 0 Å². The molecular weight excluding hydrogens is 248 g/mol. The number of para-hydroxylation sites is 1.